The molecule has 0 aliphatic heterocycles. The van der Waals surface area contributed by atoms with Crippen molar-refractivity contribution in [2.24, 2.45) is 0 Å². The number of anilines is 1. The monoisotopic (exact) mass is 414 g/mol. The van der Waals surface area contributed by atoms with E-state index in [1.807, 2.05) is 25.1 Å². The van der Waals surface area contributed by atoms with E-state index in [9.17, 15) is 4.79 Å². The van der Waals surface area contributed by atoms with Crippen LogP contribution in [0.2, 0.25) is 5.02 Å². The first kappa shape index (κ1) is 20.4. The van der Waals surface area contributed by atoms with Gasteiger partial charge in [-0.25, -0.2) is 4.98 Å². The van der Waals surface area contributed by atoms with Crippen LogP contribution >= 0.6 is 23.4 Å². The Morgan fingerprint density at radius 1 is 1.18 bits per heavy atom. The quantitative estimate of drug-likeness (QED) is 0.543. The SMILES string of the molecule is Cc1ccc(Cl)cc1NC(=O)CSc1n[nH]c(-c2ccc(C(C)(C)C)cc2)n1. The lowest BCUT2D eigenvalue weighted by atomic mass is 9.87. The number of aromatic nitrogens is 3. The molecule has 0 bridgehead atoms. The average molecular weight is 415 g/mol. The first-order valence-corrected chi connectivity index (χ1v) is 10.3. The third-order valence-corrected chi connectivity index (χ3v) is 5.38. The highest BCUT2D eigenvalue weighted by atomic mass is 35.5. The molecule has 3 aromatic rings. The lowest BCUT2D eigenvalue weighted by Gasteiger charge is -2.18. The van der Waals surface area contributed by atoms with Crippen molar-refractivity contribution < 1.29 is 4.79 Å². The number of rotatable bonds is 5. The minimum absolute atomic E-state index is 0.107. The predicted molar refractivity (Wildman–Crippen MR) is 116 cm³/mol. The Morgan fingerprint density at radius 2 is 1.89 bits per heavy atom. The minimum atomic E-state index is -0.128. The molecule has 0 unspecified atom stereocenters. The number of halogens is 1. The van der Waals surface area contributed by atoms with E-state index in [2.05, 4.69) is 53.4 Å². The van der Waals surface area contributed by atoms with Crippen molar-refractivity contribution in [2.45, 2.75) is 38.3 Å². The van der Waals surface area contributed by atoms with Crippen LogP contribution in [0.4, 0.5) is 5.69 Å². The molecule has 0 saturated carbocycles. The zero-order valence-electron chi connectivity index (χ0n) is 16.3. The maximum Gasteiger partial charge on any atom is 0.234 e. The molecular weight excluding hydrogens is 392 g/mol. The molecule has 28 heavy (non-hydrogen) atoms. The number of thioether (sulfide) groups is 1. The Labute approximate surface area is 174 Å². The second-order valence-electron chi connectivity index (χ2n) is 7.59. The molecule has 1 amide bonds. The largest absolute Gasteiger partial charge is 0.325 e. The third-order valence-electron chi connectivity index (χ3n) is 4.30. The Balaban J connectivity index is 1.60. The minimum Gasteiger partial charge on any atom is -0.325 e. The molecule has 146 valence electrons. The molecular formula is C21H23ClN4OS. The van der Waals surface area contributed by atoms with Gasteiger partial charge in [-0.1, -0.05) is 74.5 Å². The van der Waals surface area contributed by atoms with Crippen molar-refractivity contribution >= 4 is 35.0 Å². The van der Waals surface area contributed by atoms with Crippen LogP contribution in [0.3, 0.4) is 0 Å². The van der Waals surface area contributed by atoms with E-state index in [1.54, 1.807) is 12.1 Å². The number of aromatic amines is 1. The number of carbonyl (C=O) groups is 1. The van der Waals surface area contributed by atoms with Crippen LogP contribution in [0.1, 0.15) is 31.9 Å². The summed E-state index contributed by atoms with van der Waals surface area (Å²) in [5.74, 6) is 0.775. The van der Waals surface area contributed by atoms with Crippen molar-refractivity contribution in [3.05, 3.63) is 58.6 Å². The lowest BCUT2D eigenvalue weighted by Crippen LogP contribution is -2.14. The van der Waals surface area contributed by atoms with Gasteiger partial charge < -0.3 is 5.32 Å². The van der Waals surface area contributed by atoms with Crippen molar-refractivity contribution in [1.82, 2.24) is 15.2 Å². The third kappa shape index (κ3) is 5.14. The highest BCUT2D eigenvalue weighted by Gasteiger charge is 2.14. The van der Waals surface area contributed by atoms with E-state index < -0.39 is 0 Å². The van der Waals surface area contributed by atoms with Crippen molar-refractivity contribution in [1.29, 1.82) is 0 Å². The molecule has 0 aliphatic carbocycles. The van der Waals surface area contributed by atoms with E-state index in [-0.39, 0.29) is 17.1 Å². The second kappa shape index (κ2) is 8.37. The lowest BCUT2D eigenvalue weighted by molar-refractivity contribution is -0.113. The van der Waals surface area contributed by atoms with Gasteiger partial charge in [0, 0.05) is 16.3 Å². The summed E-state index contributed by atoms with van der Waals surface area (Å²) in [6, 6.07) is 13.7. The van der Waals surface area contributed by atoms with E-state index in [0.29, 0.717) is 21.7 Å². The molecule has 0 radical (unpaired) electrons. The van der Waals surface area contributed by atoms with E-state index >= 15 is 0 Å². The van der Waals surface area contributed by atoms with Crippen LogP contribution in [0.5, 0.6) is 0 Å². The van der Waals surface area contributed by atoms with E-state index in [4.69, 9.17) is 11.6 Å². The molecule has 3 rings (SSSR count). The van der Waals surface area contributed by atoms with E-state index in [0.717, 1.165) is 11.1 Å². The maximum absolute atomic E-state index is 12.2. The summed E-state index contributed by atoms with van der Waals surface area (Å²) in [5.41, 5.74) is 4.01. The number of nitrogens with one attached hydrogen (secondary N) is 2. The number of aryl methyl sites for hydroxylation is 1. The molecule has 0 atom stereocenters. The van der Waals surface area contributed by atoms with Crippen LogP contribution in [-0.2, 0) is 10.2 Å². The number of carbonyl (C=O) groups excluding carboxylic acids is 1. The van der Waals surface area contributed by atoms with Crippen molar-refractivity contribution in [3.63, 3.8) is 0 Å². The van der Waals surface area contributed by atoms with Gasteiger partial charge in [-0.2, -0.15) is 0 Å². The zero-order chi connectivity index (χ0) is 20.3. The second-order valence-corrected chi connectivity index (χ2v) is 8.97. The summed E-state index contributed by atoms with van der Waals surface area (Å²) in [7, 11) is 0. The van der Waals surface area contributed by atoms with Gasteiger partial charge in [0.2, 0.25) is 11.1 Å². The van der Waals surface area contributed by atoms with Crippen LogP contribution in [0.25, 0.3) is 11.4 Å². The number of hydrogen-bond donors (Lipinski definition) is 2. The summed E-state index contributed by atoms with van der Waals surface area (Å²) in [6.07, 6.45) is 0. The average Bonchev–Trinajstić information content (AvgIpc) is 3.11. The van der Waals surface area contributed by atoms with Gasteiger partial charge in [0.25, 0.3) is 0 Å². The molecule has 5 nitrogen and oxygen atoms in total. The molecule has 0 spiro atoms. The summed E-state index contributed by atoms with van der Waals surface area (Å²) in [6.45, 7) is 8.47. The molecule has 1 heterocycles. The zero-order valence-corrected chi connectivity index (χ0v) is 17.9. The van der Waals surface area contributed by atoms with Gasteiger partial charge in [-0.15, -0.1) is 5.10 Å². The van der Waals surface area contributed by atoms with Gasteiger partial charge in [0.15, 0.2) is 5.82 Å². The summed E-state index contributed by atoms with van der Waals surface area (Å²) in [5, 5.41) is 11.1. The fourth-order valence-corrected chi connectivity index (χ4v) is 3.38. The molecule has 0 saturated heterocycles. The number of hydrogen-bond acceptors (Lipinski definition) is 4. The van der Waals surface area contributed by atoms with Gasteiger partial charge in [-0.05, 0) is 35.6 Å². The number of amides is 1. The summed E-state index contributed by atoms with van der Waals surface area (Å²) >= 11 is 7.27. The fraction of sp³-hybridized carbons (Fsp3) is 0.286. The topological polar surface area (TPSA) is 70.7 Å². The Bertz CT molecular complexity index is 977. The molecule has 2 N–H and O–H groups in total. The van der Waals surface area contributed by atoms with Crippen LogP contribution < -0.4 is 5.32 Å². The van der Waals surface area contributed by atoms with Gasteiger partial charge in [-0.3, -0.25) is 9.89 Å². The van der Waals surface area contributed by atoms with Gasteiger partial charge in [0.05, 0.1) is 5.75 Å². The van der Waals surface area contributed by atoms with Crippen molar-refractivity contribution in [2.75, 3.05) is 11.1 Å². The number of H-pyrrole nitrogens is 1. The highest BCUT2D eigenvalue weighted by Crippen LogP contribution is 2.26. The first-order valence-electron chi connectivity index (χ1n) is 8.94. The smallest absolute Gasteiger partial charge is 0.234 e. The number of benzene rings is 2. The Hall–Kier alpha value is -2.31. The van der Waals surface area contributed by atoms with Crippen LogP contribution in [0.15, 0.2) is 47.6 Å². The molecule has 0 fully saturated rings. The van der Waals surface area contributed by atoms with Gasteiger partial charge in [0.1, 0.15) is 0 Å². The molecule has 1 aromatic heterocycles. The Morgan fingerprint density at radius 3 is 2.57 bits per heavy atom. The maximum atomic E-state index is 12.2. The summed E-state index contributed by atoms with van der Waals surface area (Å²) in [4.78, 5) is 16.7. The Kier molecular flexibility index (Phi) is 6.10. The standard InChI is InChI=1S/C21H23ClN4OS/c1-13-5-10-16(22)11-17(13)23-18(27)12-28-20-24-19(25-26-20)14-6-8-15(9-7-14)21(2,3)4/h5-11H,12H2,1-4H3,(H,23,27)(H,24,25,26). The fourth-order valence-electron chi connectivity index (χ4n) is 2.61. The van der Waals surface area contributed by atoms with Crippen LogP contribution in [0, 0.1) is 6.92 Å². The van der Waals surface area contributed by atoms with Gasteiger partial charge >= 0.3 is 0 Å². The highest BCUT2D eigenvalue weighted by molar-refractivity contribution is 7.99. The molecule has 2 aromatic carbocycles. The van der Waals surface area contributed by atoms with Crippen LogP contribution in [-0.4, -0.2) is 26.8 Å². The van der Waals surface area contributed by atoms with E-state index in [1.165, 1.54) is 17.3 Å². The number of nitrogens with zero attached hydrogens (tertiary/aromatic N) is 2. The molecule has 0 aliphatic rings. The normalized spacial score (nSPS) is 11.5. The summed E-state index contributed by atoms with van der Waals surface area (Å²) < 4.78 is 0. The predicted octanol–water partition coefficient (Wildman–Crippen LogP) is 5.46. The first-order chi connectivity index (χ1) is 13.2. The molecule has 7 heteroatoms. The van der Waals surface area contributed by atoms with Crippen molar-refractivity contribution in [3.8, 4) is 11.4 Å².